The summed E-state index contributed by atoms with van der Waals surface area (Å²) in [7, 11) is 0. The summed E-state index contributed by atoms with van der Waals surface area (Å²) in [4.78, 5) is 21.2. The standard InChI is InChI=1S/C21H23N3O2/c1-14(20(25)24-21(2,3)4)26-16-11-9-15(10-12-16)19-13-22-17-7-5-6-8-18(17)23-19/h5-14H,1-4H3,(H,24,25)/t14-/m0/s1. The number of benzene rings is 2. The number of fused-ring (bicyclic) bond motifs is 1. The first-order chi connectivity index (χ1) is 12.3. The molecule has 1 aromatic heterocycles. The average molecular weight is 349 g/mol. The molecule has 134 valence electrons. The molecule has 0 saturated carbocycles. The Kier molecular flexibility index (Phi) is 4.89. The number of carbonyl (C=O) groups excluding carboxylic acids is 1. The highest BCUT2D eigenvalue weighted by atomic mass is 16.5. The van der Waals surface area contributed by atoms with Gasteiger partial charge in [0.05, 0.1) is 22.9 Å². The summed E-state index contributed by atoms with van der Waals surface area (Å²) in [6.07, 6.45) is 1.19. The molecule has 0 aliphatic carbocycles. The van der Waals surface area contributed by atoms with Gasteiger partial charge in [-0.3, -0.25) is 9.78 Å². The second-order valence-electron chi connectivity index (χ2n) is 7.27. The molecule has 0 unspecified atom stereocenters. The van der Waals surface area contributed by atoms with Crippen molar-refractivity contribution >= 4 is 16.9 Å². The van der Waals surface area contributed by atoms with Gasteiger partial charge in [-0.15, -0.1) is 0 Å². The van der Waals surface area contributed by atoms with Crippen LogP contribution in [0.3, 0.4) is 0 Å². The van der Waals surface area contributed by atoms with E-state index in [1.165, 1.54) is 0 Å². The van der Waals surface area contributed by atoms with E-state index in [9.17, 15) is 4.79 Å². The first-order valence-corrected chi connectivity index (χ1v) is 8.63. The second-order valence-corrected chi connectivity index (χ2v) is 7.27. The van der Waals surface area contributed by atoms with Crippen molar-refractivity contribution in [3.05, 3.63) is 54.7 Å². The van der Waals surface area contributed by atoms with E-state index in [4.69, 9.17) is 4.74 Å². The number of rotatable bonds is 4. The molecule has 1 amide bonds. The predicted molar refractivity (Wildman–Crippen MR) is 103 cm³/mol. The third-order valence-electron chi connectivity index (χ3n) is 3.78. The van der Waals surface area contributed by atoms with Crippen LogP contribution in [0.5, 0.6) is 5.75 Å². The molecule has 1 atom stereocenters. The van der Waals surface area contributed by atoms with Crippen LogP contribution in [0.25, 0.3) is 22.3 Å². The summed E-state index contributed by atoms with van der Waals surface area (Å²) in [5.41, 5.74) is 3.19. The van der Waals surface area contributed by atoms with E-state index < -0.39 is 6.10 Å². The maximum atomic E-state index is 12.1. The minimum absolute atomic E-state index is 0.137. The van der Waals surface area contributed by atoms with Crippen molar-refractivity contribution in [2.75, 3.05) is 0 Å². The third-order valence-corrected chi connectivity index (χ3v) is 3.78. The number of hydrogen-bond acceptors (Lipinski definition) is 4. The highest BCUT2D eigenvalue weighted by Crippen LogP contribution is 2.22. The monoisotopic (exact) mass is 349 g/mol. The highest BCUT2D eigenvalue weighted by molar-refractivity contribution is 5.81. The normalized spacial score (nSPS) is 12.6. The van der Waals surface area contributed by atoms with E-state index in [2.05, 4.69) is 15.3 Å². The third kappa shape index (κ3) is 4.36. The lowest BCUT2D eigenvalue weighted by atomic mass is 10.1. The van der Waals surface area contributed by atoms with Crippen LogP contribution in [-0.2, 0) is 4.79 Å². The summed E-state index contributed by atoms with van der Waals surface area (Å²) < 4.78 is 5.74. The van der Waals surface area contributed by atoms with Gasteiger partial charge in [-0.25, -0.2) is 4.98 Å². The molecule has 26 heavy (non-hydrogen) atoms. The summed E-state index contributed by atoms with van der Waals surface area (Å²) in [6, 6.07) is 15.3. The minimum atomic E-state index is -0.569. The van der Waals surface area contributed by atoms with Crippen LogP contribution < -0.4 is 10.1 Å². The molecule has 5 nitrogen and oxygen atoms in total. The Balaban J connectivity index is 1.72. The Morgan fingerprint density at radius 1 is 1.04 bits per heavy atom. The molecule has 1 heterocycles. The zero-order chi connectivity index (χ0) is 18.7. The molecule has 3 aromatic rings. The molecule has 0 fully saturated rings. The summed E-state index contributed by atoms with van der Waals surface area (Å²) in [5.74, 6) is 0.501. The lowest BCUT2D eigenvalue weighted by Gasteiger charge is -2.23. The molecule has 0 spiro atoms. The van der Waals surface area contributed by atoms with Crippen LogP contribution in [-0.4, -0.2) is 27.5 Å². The van der Waals surface area contributed by atoms with Gasteiger partial charge in [0.2, 0.25) is 0 Å². The highest BCUT2D eigenvalue weighted by Gasteiger charge is 2.20. The lowest BCUT2D eigenvalue weighted by Crippen LogP contribution is -2.46. The Morgan fingerprint density at radius 2 is 1.69 bits per heavy atom. The quantitative estimate of drug-likeness (QED) is 0.774. The number of aromatic nitrogens is 2. The van der Waals surface area contributed by atoms with Crippen LogP contribution in [0.1, 0.15) is 27.7 Å². The second kappa shape index (κ2) is 7.12. The van der Waals surface area contributed by atoms with Crippen LogP contribution in [0.2, 0.25) is 0 Å². The molecular weight excluding hydrogens is 326 g/mol. The van der Waals surface area contributed by atoms with Crippen LogP contribution >= 0.6 is 0 Å². The van der Waals surface area contributed by atoms with Gasteiger partial charge >= 0.3 is 0 Å². The number of amides is 1. The van der Waals surface area contributed by atoms with Gasteiger partial charge < -0.3 is 10.1 Å². The van der Waals surface area contributed by atoms with Gasteiger partial charge in [-0.05, 0) is 64.1 Å². The number of ether oxygens (including phenoxy) is 1. The zero-order valence-corrected chi connectivity index (χ0v) is 15.5. The smallest absolute Gasteiger partial charge is 0.261 e. The predicted octanol–water partition coefficient (Wildman–Crippen LogP) is 3.98. The van der Waals surface area contributed by atoms with E-state index in [0.29, 0.717) is 5.75 Å². The minimum Gasteiger partial charge on any atom is -0.481 e. The van der Waals surface area contributed by atoms with Crippen LogP contribution in [0.15, 0.2) is 54.7 Å². The molecule has 1 N–H and O–H groups in total. The Bertz CT molecular complexity index is 914. The van der Waals surface area contributed by atoms with Gasteiger partial charge in [-0.1, -0.05) is 12.1 Å². The van der Waals surface area contributed by atoms with Crippen molar-refractivity contribution in [1.29, 1.82) is 0 Å². The lowest BCUT2D eigenvalue weighted by molar-refractivity contribution is -0.128. The summed E-state index contributed by atoms with van der Waals surface area (Å²) in [6.45, 7) is 7.56. The maximum Gasteiger partial charge on any atom is 0.261 e. The van der Waals surface area contributed by atoms with E-state index in [-0.39, 0.29) is 11.4 Å². The Labute approximate surface area is 153 Å². The van der Waals surface area contributed by atoms with E-state index in [1.807, 2.05) is 69.3 Å². The number of hydrogen-bond donors (Lipinski definition) is 1. The molecule has 0 aliphatic heterocycles. The van der Waals surface area contributed by atoms with Crippen molar-refractivity contribution in [2.45, 2.75) is 39.3 Å². The molecule has 3 rings (SSSR count). The maximum absolute atomic E-state index is 12.1. The molecule has 2 aromatic carbocycles. The fourth-order valence-corrected chi connectivity index (χ4v) is 2.53. The number of para-hydroxylation sites is 2. The summed E-state index contributed by atoms with van der Waals surface area (Å²) >= 11 is 0. The number of nitrogens with zero attached hydrogens (tertiary/aromatic N) is 2. The molecule has 0 radical (unpaired) electrons. The topological polar surface area (TPSA) is 64.1 Å². The molecule has 0 bridgehead atoms. The van der Waals surface area contributed by atoms with Crippen molar-refractivity contribution < 1.29 is 9.53 Å². The van der Waals surface area contributed by atoms with E-state index in [0.717, 1.165) is 22.3 Å². The number of carbonyl (C=O) groups is 1. The molecule has 5 heteroatoms. The molecular formula is C21H23N3O2. The first-order valence-electron chi connectivity index (χ1n) is 8.63. The van der Waals surface area contributed by atoms with Gasteiger partial charge in [0.15, 0.2) is 6.10 Å². The largest absolute Gasteiger partial charge is 0.481 e. The molecule has 0 saturated heterocycles. The summed E-state index contributed by atoms with van der Waals surface area (Å²) in [5, 5.41) is 2.91. The Morgan fingerprint density at radius 3 is 2.35 bits per heavy atom. The van der Waals surface area contributed by atoms with Crippen molar-refractivity contribution in [3.8, 4) is 17.0 Å². The van der Waals surface area contributed by atoms with Crippen LogP contribution in [0, 0.1) is 0 Å². The zero-order valence-electron chi connectivity index (χ0n) is 15.5. The van der Waals surface area contributed by atoms with E-state index >= 15 is 0 Å². The van der Waals surface area contributed by atoms with Gasteiger partial charge in [0.1, 0.15) is 5.75 Å². The first kappa shape index (κ1) is 17.9. The van der Waals surface area contributed by atoms with Gasteiger partial charge in [-0.2, -0.15) is 0 Å². The fourth-order valence-electron chi connectivity index (χ4n) is 2.53. The van der Waals surface area contributed by atoms with Crippen molar-refractivity contribution in [1.82, 2.24) is 15.3 Å². The van der Waals surface area contributed by atoms with Crippen molar-refractivity contribution in [2.24, 2.45) is 0 Å². The van der Waals surface area contributed by atoms with Gasteiger partial charge in [0, 0.05) is 11.1 Å². The van der Waals surface area contributed by atoms with E-state index in [1.54, 1.807) is 13.1 Å². The molecule has 0 aliphatic rings. The average Bonchev–Trinajstić information content (AvgIpc) is 2.60. The van der Waals surface area contributed by atoms with Crippen LogP contribution in [0.4, 0.5) is 0 Å². The SMILES string of the molecule is C[C@H](Oc1ccc(-c2cnc3ccccc3n2)cc1)C(=O)NC(C)(C)C. The fraction of sp³-hybridized carbons (Fsp3) is 0.286. The van der Waals surface area contributed by atoms with Gasteiger partial charge in [0.25, 0.3) is 5.91 Å². The Hall–Kier alpha value is -2.95. The van der Waals surface area contributed by atoms with Crippen molar-refractivity contribution in [3.63, 3.8) is 0 Å². The number of nitrogens with one attached hydrogen (secondary N) is 1.